The van der Waals surface area contributed by atoms with Crippen LogP contribution in [0.4, 0.5) is 13.2 Å². The van der Waals surface area contributed by atoms with E-state index < -0.39 is 36.3 Å². The molecular weight excluding hydrogens is 551 g/mol. The standard InChI is InChI=1S/C30H34F3N5O4/c1-29(2,26-15-24(36-42-26)21-8-4-3-5-9-21)38-12-11-37(25(18-38)27(39)35-19-30(31,32)33)17-23-14-22(28(40)41-23)13-20-7-6-10-34-16-20/h3-10,15-16,22-23,25H,11-14,17-19H2,1-2H3,(H,35,39)/t22-,23+,25+/m1/s1. The lowest BCUT2D eigenvalue weighted by molar-refractivity contribution is -0.148. The summed E-state index contributed by atoms with van der Waals surface area (Å²) in [5, 5.41) is 6.27. The Bertz CT molecular complexity index is 1370. The molecule has 0 radical (unpaired) electrons. The van der Waals surface area contributed by atoms with Crippen molar-refractivity contribution in [3.05, 3.63) is 72.2 Å². The average Bonchev–Trinajstić information content (AvgIpc) is 3.60. The molecule has 2 aliphatic rings. The Morgan fingerprint density at radius 2 is 1.90 bits per heavy atom. The van der Waals surface area contributed by atoms with Crippen LogP contribution >= 0.6 is 0 Å². The summed E-state index contributed by atoms with van der Waals surface area (Å²) in [6, 6.07) is 14.2. The molecule has 1 N–H and O–H groups in total. The van der Waals surface area contributed by atoms with E-state index in [1.54, 1.807) is 18.5 Å². The van der Waals surface area contributed by atoms with Crippen molar-refractivity contribution >= 4 is 11.9 Å². The number of hydrogen-bond donors (Lipinski definition) is 1. The number of carbonyl (C=O) groups is 2. The van der Waals surface area contributed by atoms with Crippen LogP contribution in [0.25, 0.3) is 11.3 Å². The molecule has 0 unspecified atom stereocenters. The Morgan fingerprint density at radius 3 is 2.62 bits per heavy atom. The summed E-state index contributed by atoms with van der Waals surface area (Å²) < 4.78 is 50.3. The predicted molar refractivity (Wildman–Crippen MR) is 147 cm³/mol. The van der Waals surface area contributed by atoms with E-state index in [1.165, 1.54) is 0 Å². The van der Waals surface area contributed by atoms with E-state index in [2.05, 4.69) is 15.5 Å². The van der Waals surface area contributed by atoms with E-state index in [0.717, 1.165) is 11.1 Å². The molecule has 0 bridgehead atoms. The van der Waals surface area contributed by atoms with Crippen LogP contribution in [-0.4, -0.2) is 82.9 Å². The lowest BCUT2D eigenvalue weighted by atomic mass is 9.94. The molecule has 4 heterocycles. The summed E-state index contributed by atoms with van der Waals surface area (Å²) in [5.41, 5.74) is 1.78. The van der Waals surface area contributed by atoms with E-state index in [-0.39, 0.29) is 25.0 Å². The van der Waals surface area contributed by atoms with Gasteiger partial charge in [-0.05, 0) is 38.3 Å². The van der Waals surface area contributed by atoms with Gasteiger partial charge in [0.2, 0.25) is 5.91 Å². The second kappa shape index (κ2) is 12.2. The Kier molecular flexibility index (Phi) is 8.65. The van der Waals surface area contributed by atoms with Gasteiger partial charge in [0.15, 0.2) is 5.76 Å². The van der Waals surface area contributed by atoms with Crippen LogP contribution in [0.3, 0.4) is 0 Å². The number of pyridine rings is 1. The molecule has 1 amide bonds. The molecule has 0 spiro atoms. The Balaban J connectivity index is 1.29. The molecule has 5 rings (SSSR count). The highest BCUT2D eigenvalue weighted by Gasteiger charge is 2.44. The molecule has 2 fully saturated rings. The quantitative estimate of drug-likeness (QED) is 0.379. The van der Waals surface area contributed by atoms with Crippen LogP contribution < -0.4 is 5.32 Å². The van der Waals surface area contributed by atoms with Gasteiger partial charge in [0.25, 0.3) is 0 Å². The Labute approximate surface area is 242 Å². The van der Waals surface area contributed by atoms with Crippen molar-refractivity contribution in [3.8, 4) is 11.3 Å². The highest BCUT2D eigenvalue weighted by atomic mass is 19.4. The molecule has 2 saturated heterocycles. The third kappa shape index (κ3) is 6.99. The van der Waals surface area contributed by atoms with Crippen molar-refractivity contribution in [2.24, 2.45) is 5.92 Å². The number of amides is 1. The van der Waals surface area contributed by atoms with Gasteiger partial charge in [-0.15, -0.1) is 0 Å². The van der Waals surface area contributed by atoms with Gasteiger partial charge in [0, 0.05) is 50.2 Å². The number of esters is 1. The first kappa shape index (κ1) is 29.7. The van der Waals surface area contributed by atoms with Gasteiger partial charge in [-0.1, -0.05) is 41.6 Å². The topological polar surface area (TPSA) is 101 Å². The van der Waals surface area contributed by atoms with Crippen LogP contribution in [0, 0.1) is 5.92 Å². The fourth-order valence-electron chi connectivity index (χ4n) is 5.63. The lowest BCUT2D eigenvalue weighted by Gasteiger charge is -2.46. The zero-order valence-corrected chi connectivity index (χ0v) is 23.5. The number of carbonyl (C=O) groups excluding carboxylic acids is 2. The SMILES string of the molecule is CC(C)(c1cc(-c2ccccc2)no1)N1CCN(C[C@@H]2C[C@@H](Cc3cccnc3)C(=O)O2)[C@H](C(=O)NCC(F)(F)F)C1. The molecule has 3 atom stereocenters. The maximum atomic E-state index is 13.2. The van der Waals surface area contributed by atoms with Crippen LogP contribution in [0.15, 0.2) is 65.4 Å². The van der Waals surface area contributed by atoms with Crippen LogP contribution in [0.2, 0.25) is 0 Å². The highest BCUT2D eigenvalue weighted by molar-refractivity contribution is 5.82. The molecule has 2 aromatic heterocycles. The molecule has 0 aliphatic carbocycles. The van der Waals surface area contributed by atoms with Crippen molar-refractivity contribution in [1.29, 1.82) is 0 Å². The molecule has 1 aromatic carbocycles. The van der Waals surface area contributed by atoms with Gasteiger partial charge >= 0.3 is 12.1 Å². The summed E-state index contributed by atoms with van der Waals surface area (Å²) in [4.78, 5) is 33.7. The maximum absolute atomic E-state index is 13.2. The monoisotopic (exact) mass is 585 g/mol. The third-order valence-electron chi connectivity index (χ3n) is 8.04. The zero-order chi connectivity index (χ0) is 29.9. The summed E-state index contributed by atoms with van der Waals surface area (Å²) in [7, 11) is 0. The normalized spacial score (nSPS) is 22.2. The first-order valence-electron chi connectivity index (χ1n) is 13.9. The number of rotatable bonds is 9. The van der Waals surface area contributed by atoms with E-state index >= 15 is 0 Å². The van der Waals surface area contributed by atoms with Crippen molar-refractivity contribution in [3.63, 3.8) is 0 Å². The second-order valence-corrected chi connectivity index (χ2v) is 11.3. The molecule has 0 saturated carbocycles. The second-order valence-electron chi connectivity index (χ2n) is 11.3. The smallest absolute Gasteiger partial charge is 0.405 e. The van der Waals surface area contributed by atoms with Crippen LogP contribution in [-0.2, 0) is 26.3 Å². The summed E-state index contributed by atoms with van der Waals surface area (Å²) >= 11 is 0. The largest absolute Gasteiger partial charge is 0.461 e. The van der Waals surface area contributed by atoms with E-state index in [9.17, 15) is 22.8 Å². The number of ether oxygens (including phenoxy) is 1. The number of alkyl halides is 3. The number of piperazine rings is 1. The molecule has 3 aromatic rings. The van der Waals surface area contributed by atoms with Gasteiger partial charge in [0.1, 0.15) is 24.4 Å². The number of nitrogens with one attached hydrogen (secondary N) is 1. The number of halogens is 3. The van der Waals surface area contributed by atoms with Crippen LogP contribution in [0.5, 0.6) is 0 Å². The Morgan fingerprint density at radius 1 is 1.12 bits per heavy atom. The van der Waals surface area contributed by atoms with Crippen molar-refractivity contribution in [2.45, 2.75) is 50.6 Å². The number of benzene rings is 1. The first-order valence-corrected chi connectivity index (χ1v) is 13.9. The van der Waals surface area contributed by atoms with Crippen molar-refractivity contribution < 1.29 is 32.0 Å². The van der Waals surface area contributed by atoms with Crippen molar-refractivity contribution in [2.75, 3.05) is 32.7 Å². The number of aromatic nitrogens is 2. The average molecular weight is 586 g/mol. The molecule has 42 heavy (non-hydrogen) atoms. The summed E-state index contributed by atoms with van der Waals surface area (Å²) in [6.45, 7) is 3.74. The number of hydrogen-bond acceptors (Lipinski definition) is 8. The fourth-order valence-corrected chi connectivity index (χ4v) is 5.63. The maximum Gasteiger partial charge on any atom is 0.405 e. The van der Waals surface area contributed by atoms with Crippen molar-refractivity contribution in [1.82, 2.24) is 25.3 Å². The van der Waals surface area contributed by atoms with Gasteiger partial charge in [0.05, 0.1) is 11.5 Å². The first-order chi connectivity index (χ1) is 20.0. The van der Waals surface area contributed by atoms with Gasteiger partial charge in [-0.25, -0.2) is 0 Å². The van der Waals surface area contributed by atoms with Gasteiger partial charge < -0.3 is 14.6 Å². The predicted octanol–water partition coefficient (Wildman–Crippen LogP) is 3.81. The number of cyclic esters (lactones) is 1. The van der Waals surface area contributed by atoms with E-state index in [0.29, 0.717) is 37.4 Å². The molecule has 9 nitrogen and oxygen atoms in total. The summed E-state index contributed by atoms with van der Waals surface area (Å²) in [5.74, 6) is -0.817. The lowest BCUT2D eigenvalue weighted by Crippen LogP contribution is -2.63. The third-order valence-corrected chi connectivity index (χ3v) is 8.04. The van der Waals surface area contributed by atoms with Gasteiger partial charge in [-0.3, -0.25) is 24.4 Å². The van der Waals surface area contributed by atoms with E-state index in [4.69, 9.17) is 9.26 Å². The molecule has 2 aliphatic heterocycles. The number of nitrogens with zero attached hydrogens (tertiary/aromatic N) is 4. The highest BCUT2D eigenvalue weighted by Crippen LogP contribution is 2.34. The molecule has 224 valence electrons. The Hall–Kier alpha value is -3.77. The minimum atomic E-state index is -4.54. The van der Waals surface area contributed by atoms with Gasteiger partial charge in [-0.2, -0.15) is 13.2 Å². The minimum Gasteiger partial charge on any atom is -0.461 e. The van der Waals surface area contributed by atoms with Crippen LogP contribution in [0.1, 0.15) is 31.6 Å². The summed E-state index contributed by atoms with van der Waals surface area (Å²) in [6.07, 6.45) is -0.699. The molecule has 12 heteroatoms. The fraction of sp³-hybridized carbons (Fsp3) is 0.467. The molecular formula is C30H34F3N5O4. The van der Waals surface area contributed by atoms with E-state index in [1.807, 2.05) is 66.1 Å². The minimum absolute atomic E-state index is 0.151. The zero-order valence-electron chi connectivity index (χ0n) is 23.5.